The maximum absolute atomic E-state index is 13.2. The molecule has 34 heavy (non-hydrogen) atoms. The van der Waals surface area contributed by atoms with Crippen molar-refractivity contribution >= 4 is 54.0 Å². The molecule has 1 amide bonds. The highest BCUT2D eigenvalue weighted by Gasteiger charge is 2.24. The number of halogens is 1. The molecule has 0 aliphatic rings. The minimum atomic E-state index is -3.34. The van der Waals surface area contributed by atoms with Gasteiger partial charge < -0.3 is 9.15 Å². The van der Waals surface area contributed by atoms with Crippen LogP contribution in [0.3, 0.4) is 0 Å². The van der Waals surface area contributed by atoms with Crippen molar-refractivity contribution in [1.82, 2.24) is 4.98 Å². The second kappa shape index (κ2) is 10.6. The van der Waals surface area contributed by atoms with Crippen LogP contribution in [0.1, 0.15) is 24.2 Å². The molecule has 0 N–H and O–H groups in total. The minimum absolute atomic E-state index is 0.0473. The Labute approximate surface area is 206 Å². The van der Waals surface area contributed by atoms with Crippen molar-refractivity contribution in [3.63, 3.8) is 0 Å². The first-order valence-electron chi connectivity index (χ1n) is 10.6. The monoisotopic (exact) mass is 518 g/mol. The van der Waals surface area contributed by atoms with Crippen molar-refractivity contribution in [3.05, 3.63) is 77.2 Å². The first kappa shape index (κ1) is 24.3. The molecule has 0 spiro atoms. The second-order valence-corrected chi connectivity index (χ2v) is 11.2. The Bertz CT molecular complexity index is 1370. The zero-order valence-electron chi connectivity index (χ0n) is 18.4. The van der Waals surface area contributed by atoms with Gasteiger partial charge in [-0.15, -0.1) is 0 Å². The molecule has 2 heterocycles. The Balaban J connectivity index is 1.51. The third kappa shape index (κ3) is 5.78. The van der Waals surface area contributed by atoms with Crippen LogP contribution in [0.2, 0.25) is 5.02 Å². The predicted octanol–water partition coefficient (Wildman–Crippen LogP) is 5.48. The lowest BCUT2D eigenvalue weighted by Crippen LogP contribution is -2.30. The zero-order valence-corrected chi connectivity index (χ0v) is 20.8. The summed E-state index contributed by atoms with van der Waals surface area (Å²) in [6.07, 6.45) is 1.79. The molecule has 2 aromatic carbocycles. The third-order valence-electron chi connectivity index (χ3n) is 5.17. The predicted molar refractivity (Wildman–Crippen MR) is 134 cm³/mol. The van der Waals surface area contributed by atoms with E-state index in [-0.39, 0.29) is 36.8 Å². The molecule has 0 aliphatic carbocycles. The van der Waals surface area contributed by atoms with Gasteiger partial charge in [-0.3, -0.25) is 9.69 Å². The highest BCUT2D eigenvalue weighted by atomic mass is 35.5. The van der Waals surface area contributed by atoms with Crippen LogP contribution in [0.15, 0.2) is 65.3 Å². The van der Waals surface area contributed by atoms with E-state index in [9.17, 15) is 13.2 Å². The topological polar surface area (TPSA) is 89.7 Å². The lowest BCUT2D eigenvalue weighted by atomic mass is 10.2. The number of benzene rings is 2. The maximum Gasteiger partial charge on any atom is 0.229 e. The quantitative estimate of drug-likeness (QED) is 0.276. The molecule has 0 unspecified atom stereocenters. The average Bonchev–Trinajstić information content (AvgIpc) is 3.48. The molecule has 4 rings (SSSR count). The Morgan fingerprint density at radius 3 is 2.65 bits per heavy atom. The number of thiazole rings is 1. The number of hydrogen-bond acceptors (Lipinski definition) is 7. The first-order chi connectivity index (χ1) is 16.4. The summed E-state index contributed by atoms with van der Waals surface area (Å²) in [5.74, 6) is 0.762. The van der Waals surface area contributed by atoms with E-state index >= 15 is 0 Å². The number of ether oxygens (including phenoxy) is 1. The summed E-state index contributed by atoms with van der Waals surface area (Å²) in [6, 6.07) is 16.0. The summed E-state index contributed by atoms with van der Waals surface area (Å²) in [5, 5.41) is 0.951. The van der Waals surface area contributed by atoms with Crippen LogP contribution in [0, 0.1) is 0 Å². The molecule has 4 aromatic rings. The van der Waals surface area contributed by atoms with Crippen molar-refractivity contribution in [2.45, 2.75) is 25.1 Å². The molecule has 178 valence electrons. The molecule has 10 heteroatoms. The molecule has 0 radical (unpaired) electrons. The van der Waals surface area contributed by atoms with Crippen molar-refractivity contribution in [3.8, 4) is 5.75 Å². The summed E-state index contributed by atoms with van der Waals surface area (Å²) in [4.78, 5) is 19.3. The van der Waals surface area contributed by atoms with E-state index in [0.717, 1.165) is 5.56 Å². The maximum atomic E-state index is 13.2. The molecular weight excluding hydrogens is 496 g/mol. The summed E-state index contributed by atoms with van der Waals surface area (Å²) < 4.78 is 36.6. The fraction of sp³-hybridized carbons (Fsp3) is 0.250. The van der Waals surface area contributed by atoms with Gasteiger partial charge >= 0.3 is 0 Å². The number of fused-ring (bicyclic) bond motifs is 1. The number of furan rings is 1. The van der Waals surface area contributed by atoms with E-state index in [4.69, 9.17) is 20.8 Å². The van der Waals surface area contributed by atoms with Crippen LogP contribution in [0.25, 0.3) is 10.2 Å². The smallest absolute Gasteiger partial charge is 0.229 e. The average molecular weight is 519 g/mol. The van der Waals surface area contributed by atoms with Crippen LogP contribution in [-0.4, -0.2) is 32.2 Å². The number of carbonyl (C=O) groups excluding carboxylic acids is 1. The molecule has 0 saturated heterocycles. The van der Waals surface area contributed by atoms with E-state index in [1.807, 2.05) is 6.07 Å². The molecule has 0 saturated carbocycles. The number of hydrogen-bond donors (Lipinski definition) is 0. The Kier molecular flexibility index (Phi) is 7.55. The van der Waals surface area contributed by atoms with Crippen molar-refractivity contribution in [1.29, 1.82) is 0 Å². The Hall–Kier alpha value is -2.88. The minimum Gasteiger partial charge on any atom is -0.494 e. The molecule has 7 nitrogen and oxygen atoms in total. The van der Waals surface area contributed by atoms with E-state index in [1.54, 1.807) is 55.6 Å². The Morgan fingerprint density at radius 1 is 1.15 bits per heavy atom. The van der Waals surface area contributed by atoms with Crippen molar-refractivity contribution < 1.29 is 22.4 Å². The van der Waals surface area contributed by atoms with Gasteiger partial charge in [0.05, 0.1) is 41.1 Å². The summed E-state index contributed by atoms with van der Waals surface area (Å²) in [7, 11) is -1.80. The van der Waals surface area contributed by atoms with Gasteiger partial charge in [-0.1, -0.05) is 53.3 Å². The van der Waals surface area contributed by atoms with Gasteiger partial charge in [-0.05, 0) is 36.2 Å². The van der Waals surface area contributed by atoms with Gasteiger partial charge in [0.15, 0.2) is 15.0 Å². The van der Waals surface area contributed by atoms with E-state index < -0.39 is 9.84 Å². The molecule has 0 aliphatic heterocycles. The SMILES string of the molecule is COc1ccc(Cl)c2sc(N(Cc3ccco3)C(=O)CCCS(=O)(=O)Cc3ccccc3)nc12. The van der Waals surface area contributed by atoms with Crippen molar-refractivity contribution in [2.24, 2.45) is 0 Å². The number of nitrogens with zero attached hydrogens (tertiary/aromatic N) is 2. The summed E-state index contributed by atoms with van der Waals surface area (Å²) >= 11 is 7.63. The molecule has 0 fully saturated rings. The van der Waals surface area contributed by atoms with Crippen LogP contribution in [0.5, 0.6) is 5.75 Å². The van der Waals surface area contributed by atoms with Gasteiger partial charge in [0.1, 0.15) is 17.0 Å². The van der Waals surface area contributed by atoms with Crippen LogP contribution in [-0.2, 0) is 26.9 Å². The number of rotatable bonds is 10. The fourth-order valence-electron chi connectivity index (χ4n) is 3.52. The van der Waals surface area contributed by atoms with Crippen LogP contribution in [0.4, 0.5) is 5.13 Å². The summed E-state index contributed by atoms with van der Waals surface area (Å²) in [5.41, 5.74) is 1.30. The van der Waals surface area contributed by atoms with Crippen molar-refractivity contribution in [2.75, 3.05) is 17.8 Å². The van der Waals surface area contributed by atoms with Crippen LogP contribution < -0.4 is 9.64 Å². The normalized spacial score (nSPS) is 11.6. The van der Waals surface area contributed by atoms with E-state index in [1.165, 1.54) is 22.5 Å². The zero-order chi connectivity index (χ0) is 24.1. The largest absolute Gasteiger partial charge is 0.494 e. The number of amides is 1. The molecule has 2 aromatic heterocycles. The molecule has 0 atom stereocenters. The molecular formula is C24H23ClN2O5S2. The van der Waals surface area contributed by atoms with Gasteiger partial charge in [0.2, 0.25) is 5.91 Å². The number of methoxy groups -OCH3 is 1. The highest BCUT2D eigenvalue weighted by molar-refractivity contribution is 7.90. The second-order valence-electron chi connectivity index (χ2n) is 7.66. The van der Waals surface area contributed by atoms with Crippen LogP contribution >= 0.6 is 22.9 Å². The number of sulfone groups is 1. The van der Waals surface area contributed by atoms with Gasteiger partial charge in [0.25, 0.3) is 0 Å². The van der Waals surface area contributed by atoms with Gasteiger partial charge in [-0.25, -0.2) is 13.4 Å². The van der Waals surface area contributed by atoms with E-state index in [0.29, 0.717) is 31.9 Å². The third-order valence-corrected chi connectivity index (χ3v) is 8.39. The van der Waals surface area contributed by atoms with Gasteiger partial charge in [0, 0.05) is 6.42 Å². The number of anilines is 1. The lowest BCUT2D eigenvalue weighted by Gasteiger charge is -2.18. The lowest BCUT2D eigenvalue weighted by molar-refractivity contribution is -0.118. The van der Waals surface area contributed by atoms with Gasteiger partial charge in [-0.2, -0.15) is 0 Å². The standard InChI is InChI=1S/C24H23ClN2O5S2/c1-31-20-12-11-19(25)23-22(20)26-24(33-23)27(15-18-9-5-13-32-18)21(28)10-6-14-34(29,30)16-17-7-3-2-4-8-17/h2-5,7-9,11-13H,6,10,14-16H2,1H3. The number of carbonyl (C=O) groups is 1. The summed E-state index contributed by atoms with van der Waals surface area (Å²) in [6.45, 7) is 0.169. The first-order valence-corrected chi connectivity index (χ1v) is 13.6. The van der Waals surface area contributed by atoms with E-state index in [2.05, 4.69) is 4.98 Å². The number of aromatic nitrogens is 1. The highest BCUT2D eigenvalue weighted by Crippen LogP contribution is 2.39. The molecule has 0 bridgehead atoms. The fourth-order valence-corrected chi connectivity index (χ4v) is 6.22. The Morgan fingerprint density at radius 2 is 1.94 bits per heavy atom.